The van der Waals surface area contributed by atoms with Gasteiger partial charge in [-0.1, -0.05) is 48.5 Å². The summed E-state index contributed by atoms with van der Waals surface area (Å²) in [5.74, 6) is 3.85. The van der Waals surface area contributed by atoms with Crippen molar-refractivity contribution in [3.8, 4) is 23.0 Å². The largest absolute Gasteiger partial charge is 0.514 e. The van der Waals surface area contributed by atoms with Crippen LogP contribution in [0.1, 0.15) is 22.3 Å². The van der Waals surface area contributed by atoms with Gasteiger partial charge in [-0.3, -0.25) is 0 Å². The topological polar surface area (TPSA) is 89.5 Å². The van der Waals surface area contributed by atoms with E-state index in [2.05, 4.69) is 0 Å². The van der Waals surface area contributed by atoms with Crippen molar-refractivity contribution >= 4 is 24.1 Å². The van der Waals surface area contributed by atoms with Crippen LogP contribution in [0.15, 0.2) is 97.1 Å². The van der Waals surface area contributed by atoms with Crippen molar-refractivity contribution in [1.82, 2.24) is 0 Å². The summed E-state index contributed by atoms with van der Waals surface area (Å²) >= 11 is 1.73. The van der Waals surface area contributed by atoms with E-state index in [1.54, 1.807) is 74.5 Å². The Morgan fingerprint density at radius 2 is 0.805 bits per heavy atom. The number of carbonyl (C=O) groups excluding carboxylic acids is 2. The lowest BCUT2D eigenvalue weighted by Gasteiger charge is -2.08. The van der Waals surface area contributed by atoms with E-state index in [1.165, 1.54) is 0 Å². The molecule has 0 bridgehead atoms. The Morgan fingerprint density at radius 1 is 0.488 bits per heavy atom. The molecule has 9 heteroatoms. The Bertz CT molecular complexity index is 1280. The predicted molar refractivity (Wildman–Crippen MR) is 155 cm³/mol. The van der Waals surface area contributed by atoms with E-state index in [1.807, 2.05) is 48.5 Å². The van der Waals surface area contributed by atoms with Gasteiger partial charge in [-0.2, -0.15) is 11.8 Å². The van der Waals surface area contributed by atoms with Crippen LogP contribution in [0.3, 0.4) is 0 Å². The van der Waals surface area contributed by atoms with Gasteiger partial charge in [0, 0.05) is 11.5 Å². The number of benzene rings is 4. The van der Waals surface area contributed by atoms with Gasteiger partial charge in [0.05, 0.1) is 14.2 Å². The molecule has 0 spiro atoms. The van der Waals surface area contributed by atoms with E-state index in [0.29, 0.717) is 11.5 Å². The monoisotopic (exact) mass is 574 g/mol. The van der Waals surface area contributed by atoms with Crippen LogP contribution in [-0.2, 0) is 34.2 Å². The summed E-state index contributed by atoms with van der Waals surface area (Å²) in [6.07, 6.45) is -1.53. The lowest BCUT2D eigenvalue weighted by molar-refractivity contribution is 0.0918. The first-order chi connectivity index (χ1) is 20.0. The van der Waals surface area contributed by atoms with Gasteiger partial charge in [0.15, 0.2) is 0 Å². The van der Waals surface area contributed by atoms with Crippen LogP contribution in [0.2, 0.25) is 0 Å². The average molecular weight is 575 g/mol. The van der Waals surface area contributed by atoms with Gasteiger partial charge >= 0.3 is 12.3 Å². The second-order valence-electron chi connectivity index (χ2n) is 8.76. The molecule has 0 aliphatic rings. The Labute approximate surface area is 243 Å². The molecule has 0 amide bonds. The van der Waals surface area contributed by atoms with Crippen LogP contribution in [-0.4, -0.2) is 26.5 Å². The van der Waals surface area contributed by atoms with E-state index >= 15 is 0 Å². The minimum Gasteiger partial charge on any atom is -0.497 e. The van der Waals surface area contributed by atoms with Crippen molar-refractivity contribution in [2.75, 3.05) is 14.2 Å². The van der Waals surface area contributed by atoms with Crippen LogP contribution in [0.5, 0.6) is 23.0 Å². The molecule has 0 fully saturated rings. The summed E-state index contributed by atoms with van der Waals surface area (Å²) in [5.41, 5.74) is 3.85. The van der Waals surface area contributed by atoms with Gasteiger partial charge in [-0.15, -0.1) is 0 Å². The van der Waals surface area contributed by atoms with Crippen LogP contribution < -0.4 is 18.9 Å². The molecule has 0 N–H and O–H groups in total. The minimum absolute atomic E-state index is 0.110. The molecule has 0 aliphatic heterocycles. The number of hydrogen-bond donors (Lipinski definition) is 0. The zero-order chi connectivity index (χ0) is 28.9. The second-order valence-corrected chi connectivity index (χ2v) is 9.74. The standard InChI is InChI=1S/C32H30O8S/c1-35-27-11-3-23(4-12-27)19-37-31(33)39-29-15-7-25(8-16-29)21-41-22-26-9-17-30(18-10-26)40-32(34)38-20-24-5-13-28(36-2)14-6-24/h3-18H,19-22H2,1-2H3. The SMILES string of the molecule is COc1ccc(COC(=O)Oc2ccc(CSCc3ccc(OC(=O)OCc4ccc(OC)cc4)cc3)cc2)cc1. The number of hydrogen-bond acceptors (Lipinski definition) is 9. The van der Waals surface area contributed by atoms with Crippen LogP contribution >= 0.6 is 11.8 Å². The maximum absolute atomic E-state index is 12.0. The highest BCUT2D eigenvalue weighted by molar-refractivity contribution is 7.97. The fourth-order valence-electron chi connectivity index (χ4n) is 3.57. The third kappa shape index (κ3) is 9.81. The van der Waals surface area contributed by atoms with Gasteiger partial charge in [0.25, 0.3) is 0 Å². The average Bonchev–Trinajstić information content (AvgIpc) is 3.01. The van der Waals surface area contributed by atoms with Crippen LogP contribution in [0.4, 0.5) is 9.59 Å². The van der Waals surface area contributed by atoms with Gasteiger partial charge in [0.2, 0.25) is 0 Å². The molecule has 4 aromatic carbocycles. The number of methoxy groups -OCH3 is 2. The first-order valence-electron chi connectivity index (χ1n) is 12.7. The molecule has 41 heavy (non-hydrogen) atoms. The molecule has 0 aliphatic carbocycles. The second kappa shape index (κ2) is 15.2. The molecule has 0 aromatic heterocycles. The maximum atomic E-state index is 12.0. The van der Waals surface area contributed by atoms with Crippen molar-refractivity contribution in [2.45, 2.75) is 24.7 Å². The first kappa shape index (κ1) is 29.4. The van der Waals surface area contributed by atoms with Crippen molar-refractivity contribution in [3.05, 3.63) is 119 Å². The van der Waals surface area contributed by atoms with E-state index < -0.39 is 12.3 Å². The quantitative estimate of drug-likeness (QED) is 0.126. The van der Waals surface area contributed by atoms with Crippen LogP contribution in [0.25, 0.3) is 0 Å². The zero-order valence-corrected chi connectivity index (χ0v) is 23.6. The Kier molecular flexibility index (Phi) is 10.9. The van der Waals surface area contributed by atoms with Crippen molar-refractivity contribution in [2.24, 2.45) is 0 Å². The van der Waals surface area contributed by atoms with E-state index in [9.17, 15) is 9.59 Å². The Balaban J connectivity index is 1.13. The molecular formula is C32H30O8S. The smallest absolute Gasteiger partial charge is 0.497 e. The number of rotatable bonds is 12. The highest BCUT2D eigenvalue weighted by Crippen LogP contribution is 2.22. The summed E-state index contributed by atoms with van der Waals surface area (Å²) in [6.45, 7) is 0.221. The Hall–Kier alpha value is -4.63. The van der Waals surface area contributed by atoms with Gasteiger partial charge in [-0.25, -0.2) is 9.59 Å². The van der Waals surface area contributed by atoms with Crippen molar-refractivity contribution in [3.63, 3.8) is 0 Å². The molecule has 0 atom stereocenters. The lowest BCUT2D eigenvalue weighted by Crippen LogP contribution is -2.10. The van der Waals surface area contributed by atoms with Crippen molar-refractivity contribution < 1.29 is 38.0 Å². The molecule has 4 aromatic rings. The number of thioether (sulfide) groups is 1. The normalized spacial score (nSPS) is 10.4. The summed E-state index contributed by atoms with van der Waals surface area (Å²) in [5, 5.41) is 0. The minimum atomic E-state index is -0.763. The first-order valence-corrected chi connectivity index (χ1v) is 13.9. The summed E-state index contributed by atoms with van der Waals surface area (Å²) < 4.78 is 31.1. The molecule has 0 unspecified atom stereocenters. The molecule has 0 radical (unpaired) electrons. The van der Waals surface area contributed by atoms with E-state index in [4.69, 9.17) is 28.4 Å². The molecule has 212 valence electrons. The van der Waals surface area contributed by atoms with Crippen molar-refractivity contribution in [1.29, 1.82) is 0 Å². The molecule has 0 saturated heterocycles. The van der Waals surface area contributed by atoms with Gasteiger partial charge in [0.1, 0.15) is 36.2 Å². The lowest BCUT2D eigenvalue weighted by atomic mass is 10.2. The third-order valence-corrected chi connectivity index (χ3v) is 6.89. The number of carbonyl (C=O) groups is 2. The fourth-order valence-corrected chi connectivity index (χ4v) is 4.53. The summed E-state index contributed by atoms with van der Waals surface area (Å²) in [6, 6.07) is 29.1. The maximum Gasteiger partial charge on any atom is 0.514 e. The fraction of sp³-hybridized carbons (Fsp3) is 0.188. The highest BCUT2D eigenvalue weighted by atomic mass is 32.2. The molecule has 4 rings (SSSR count). The summed E-state index contributed by atoms with van der Waals surface area (Å²) in [7, 11) is 3.19. The molecule has 0 heterocycles. The summed E-state index contributed by atoms with van der Waals surface area (Å²) in [4.78, 5) is 24.0. The number of ether oxygens (including phenoxy) is 6. The van der Waals surface area contributed by atoms with E-state index in [0.717, 1.165) is 45.3 Å². The molecule has 8 nitrogen and oxygen atoms in total. The third-order valence-electron chi connectivity index (χ3n) is 5.82. The highest BCUT2D eigenvalue weighted by Gasteiger charge is 2.09. The molecular weight excluding hydrogens is 544 g/mol. The van der Waals surface area contributed by atoms with Crippen LogP contribution in [0, 0.1) is 0 Å². The zero-order valence-electron chi connectivity index (χ0n) is 22.7. The van der Waals surface area contributed by atoms with E-state index in [-0.39, 0.29) is 13.2 Å². The van der Waals surface area contributed by atoms with Gasteiger partial charge < -0.3 is 28.4 Å². The van der Waals surface area contributed by atoms with Gasteiger partial charge in [-0.05, 0) is 70.8 Å². The Morgan fingerprint density at radius 3 is 1.15 bits per heavy atom. The predicted octanol–water partition coefficient (Wildman–Crippen LogP) is 7.57. The molecule has 0 saturated carbocycles.